The summed E-state index contributed by atoms with van der Waals surface area (Å²) in [6.45, 7) is 0.875. The van der Waals surface area contributed by atoms with Crippen LogP contribution in [0.4, 0.5) is 11.4 Å². The Morgan fingerprint density at radius 1 is 1.08 bits per heavy atom. The van der Waals surface area contributed by atoms with E-state index in [1.165, 1.54) is 0 Å². The van der Waals surface area contributed by atoms with Gasteiger partial charge in [0.2, 0.25) is 12.0 Å². The van der Waals surface area contributed by atoms with Crippen LogP contribution in [-0.4, -0.2) is 31.1 Å². The van der Waals surface area contributed by atoms with Gasteiger partial charge in [-0.05, 0) is 43.2 Å². The number of ether oxygens (including phenoxy) is 2. The van der Waals surface area contributed by atoms with Crippen molar-refractivity contribution in [2.24, 2.45) is 0 Å². The third-order valence-corrected chi connectivity index (χ3v) is 4.55. The van der Waals surface area contributed by atoms with Crippen LogP contribution in [0.25, 0.3) is 0 Å². The Bertz CT molecular complexity index is 836. The number of nitrogens with one attached hydrogen (secondary N) is 1. The predicted molar refractivity (Wildman–Crippen MR) is 97.6 cm³/mol. The summed E-state index contributed by atoms with van der Waals surface area (Å²) in [6.07, 6.45) is 1.79. The standard InChI is InChI=1S/C20H20N2O4/c23-19-10-3-4-11-22(19)15-7-5-6-14(12-15)21-20(24)18-13-25-16-8-1-2-9-17(16)26-18/h1-2,5-9,12,18H,3-4,10-11,13H2,(H,21,24). The predicted octanol–water partition coefficient (Wildman–Crippen LogP) is 2.98. The molecule has 0 aliphatic carbocycles. The molecule has 2 heterocycles. The topological polar surface area (TPSA) is 67.9 Å². The van der Waals surface area contributed by atoms with Crippen molar-refractivity contribution < 1.29 is 19.1 Å². The zero-order chi connectivity index (χ0) is 17.9. The molecule has 4 rings (SSSR count). The SMILES string of the molecule is O=C(Nc1cccc(N2CCCCC2=O)c1)C1COc2ccccc2O1. The highest BCUT2D eigenvalue weighted by Gasteiger charge is 2.27. The van der Waals surface area contributed by atoms with Gasteiger partial charge in [-0.2, -0.15) is 0 Å². The summed E-state index contributed by atoms with van der Waals surface area (Å²) in [5.41, 5.74) is 1.44. The normalized spacial score (nSPS) is 19.2. The summed E-state index contributed by atoms with van der Waals surface area (Å²) in [5.74, 6) is 1.05. The molecule has 0 radical (unpaired) electrons. The van der Waals surface area contributed by atoms with Crippen LogP contribution < -0.4 is 19.7 Å². The van der Waals surface area contributed by atoms with Gasteiger partial charge in [-0.3, -0.25) is 9.59 Å². The van der Waals surface area contributed by atoms with Gasteiger partial charge >= 0.3 is 0 Å². The second-order valence-electron chi connectivity index (χ2n) is 6.41. The van der Waals surface area contributed by atoms with E-state index in [0.717, 1.165) is 18.5 Å². The van der Waals surface area contributed by atoms with Crippen LogP contribution in [0.2, 0.25) is 0 Å². The zero-order valence-electron chi connectivity index (χ0n) is 14.3. The summed E-state index contributed by atoms with van der Waals surface area (Å²) in [6, 6.07) is 14.6. The second kappa shape index (κ2) is 7.07. The first-order valence-electron chi connectivity index (χ1n) is 8.80. The Morgan fingerprint density at radius 3 is 2.77 bits per heavy atom. The number of amides is 2. The van der Waals surface area contributed by atoms with Crippen LogP contribution in [0.15, 0.2) is 48.5 Å². The van der Waals surface area contributed by atoms with Crippen molar-refractivity contribution in [2.75, 3.05) is 23.4 Å². The Hall–Kier alpha value is -3.02. The van der Waals surface area contributed by atoms with Gasteiger partial charge < -0.3 is 19.7 Å². The lowest BCUT2D eigenvalue weighted by Gasteiger charge is -2.27. The summed E-state index contributed by atoms with van der Waals surface area (Å²) in [4.78, 5) is 26.4. The molecule has 6 nitrogen and oxygen atoms in total. The minimum absolute atomic E-state index is 0.125. The van der Waals surface area contributed by atoms with Crippen molar-refractivity contribution in [3.05, 3.63) is 48.5 Å². The van der Waals surface area contributed by atoms with E-state index in [4.69, 9.17) is 9.47 Å². The fraction of sp³-hybridized carbons (Fsp3) is 0.300. The first-order valence-corrected chi connectivity index (χ1v) is 8.80. The van der Waals surface area contributed by atoms with Gasteiger partial charge in [0, 0.05) is 24.3 Å². The summed E-state index contributed by atoms with van der Waals surface area (Å²) in [7, 11) is 0. The quantitative estimate of drug-likeness (QED) is 0.922. The first kappa shape index (κ1) is 16.4. The molecule has 0 bridgehead atoms. The van der Waals surface area contributed by atoms with Crippen LogP contribution in [0.3, 0.4) is 0 Å². The highest BCUT2D eigenvalue weighted by Crippen LogP contribution is 2.31. The van der Waals surface area contributed by atoms with E-state index in [1.54, 1.807) is 17.0 Å². The molecule has 2 aliphatic rings. The fourth-order valence-corrected chi connectivity index (χ4v) is 3.20. The van der Waals surface area contributed by atoms with E-state index < -0.39 is 6.10 Å². The number of rotatable bonds is 3. The molecular weight excluding hydrogens is 332 g/mol. The zero-order valence-corrected chi connectivity index (χ0v) is 14.3. The Morgan fingerprint density at radius 2 is 1.92 bits per heavy atom. The van der Waals surface area contributed by atoms with Crippen molar-refractivity contribution in [3.8, 4) is 11.5 Å². The van der Waals surface area contributed by atoms with Gasteiger partial charge in [0.25, 0.3) is 5.91 Å². The van der Waals surface area contributed by atoms with Crippen molar-refractivity contribution in [2.45, 2.75) is 25.4 Å². The van der Waals surface area contributed by atoms with E-state index in [9.17, 15) is 9.59 Å². The molecule has 0 saturated carbocycles. The second-order valence-corrected chi connectivity index (χ2v) is 6.41. The molecule has 6 heteroatoms. The van der Waals surface area contributed by atoms with Crippen molar-refractivity contribution in [3.63, 3.8) is 0 Å². The van der Waals surface area contributed by atoms with Crippen molar-refractivity contribution >= 4 is 23.2 Å². The lowest BCUT2D eigenvalue weighted by Crippen LogP contribution is -2.40. The molecule has 1 saturated heterocycles. The third kappa shape index (κ3) is 3.35. The molecule has 2 aromatic carbocycles. The van der Waals surface area contributed by atoms with E-state index >= 15 is 0 Å². The highest BCUT2D eigenvalue weighted by atomic mass is 16.6. The molecule has 1 N–H and O–H groups in total. The number of carbonyl (C=O) groups excluding carboxylic acids is 2. The van der Waals surface area contributed by atoms with Gasteiger partial charge in [-0.15, -0.1) is 0 Å². The average molecular weight is 352 g/mol. The van der Waals surface area contributed by atoms with Crippen molar-refractivity contribution in [1.82, 2.24) is 0 Å². The van der Waals surface area contributed by atoms with Crippen LogP contribution in [-0.2, 0) is 9.59 Å². The van der Waals surface area contributed by atoms with Crippen LogP contribution in [0.5, 0.6) is 11.5 Å². The maximum Gasteiger partial charge on any atom is 0.269 e. The lowest BCUT2D eigenvalue weighted by atomic mass is 10.1. The minimum Gasteiger partial charge on any atom is -0.485 e. The molecule has 26 heavy (non-hydrogen) atoms. The number of carbonyl (C=O) groups is 2. The largest absolute Gasteiger partial charge is 0.485 e. The molecular formula is C20H20N2O4. The number of nitrogens with zero attached hydrogens (tertiary/aromatic N) is 1. The highest BCUT2D eigenvalue weighted by molar-refractivity contribution is 5.97. The van der Waals surface area contributed by atoms with Gasteiger partial charge in [-0.1, -0.05) is 18.2 Å². The summed E-state index contributed by atoms with van der Waals surface area (Å²) in [5, 5.41) is 2.85. The van der Waals surface area contributed by atoms with E-state index in [1.807, 2.05) is 36.4 Å². The molecule has 1 unspecified atom stereocenters. The molecule has 1 atom stereocenters. The van der Waals surface area contributed by atoms with Crippen LogP contribution in [0, 0.1) is 0 Å². The van der Waals surface area contributed by atoms with Crippen LogP contribution >= 0.6 is 0 Å². The molecule has 2 amide bonds. The number of anilines is 2. The van der Waals surface area contributed by atoms with E-state index in [2.05, 4.69) is 5.32 Å². The Labute approximate surface area is 151 Å². The Kier molecular flexibility index (Phi) is 4.48. The molecule has 0 spiro atoms. The number of hydrogen-bond acceptors (Lipinski definition) is 4. The fourth-order valence-electron chi connectivity index (χ4n) is 3.20. The minimum atomic E-state index is -0.717. The first-order chi connectivity index (χ1) is 12.7. The maximum atomic E-state index is 12.5. The van der Waals surface area contributed by atoms with Gasteiger partial charge in [0.15, 0.2) is 11.5 Å². The van der Waals surface area contributed by atoms with Gasteiger partial charge in [-0.25, -0.2) is 0 Å². The Balaban J connectivity index is 1.45. The third-order valence-electron chi connectivity index (χ3n) is 4.55. The van der Waals surface area contributed by atoms with Crippen LogP contribution in [0.1, 0.15) is 19.3 Å². The molecule has 134 valence electrons. The maximum absolute atomic E-state index is 12.5. The summed E-state index contributed by atoms with van der Waals surface area (Å²) < 4.78 is 11.3. The van der Waals surface area contributed by atoms with Gasteiger partial charge in [0.05, 0.1) is 0 Å². The van der Waals surface area contributed by atoms with Crippen molar-refractivity contribution in [1.29, 1.82) is 0 Å². The van der Waals surface area contributed by atoms with E-state index in [-0.39, 0.29) is 18.4 Å². The summed E-state index contributed by atoms with van der Waals surface area (Å²) >= 11 is 0. The average Bonchev–Trinajstić information content (AvgIpc) is 2.68. The lowest BCUT2D eigenvalue weighted by molar-refractivity contribution is -0.125. The number of fused-ring (bicyclic) bond motifs is 1. The monoisotopic (exact) mass is 352 g/mol. The molecule has 0 aromatic heterocycles. The number of hydrogen-bond donors (Lipinski definition) is 1. The smallest absolute Gasteiger partial charge is 0.269 e. The van der Waals surface area contributed by atoms with E-state index in [0.29, 0.717) is 30.2 Å². The molecule has 2 aromatic rings. The number of para-hydroxylation sites is 2. The molecule has 1 fully saturated rings. The van der Waals surface area contributed by atoms with Gasteiger partial charge in [0.1, 0.15) is 6.61 Å². The molecule has 2 aliphatic heterocycles. The number of piperidine rings is 1. The number of benzene rings is 2.